The average Bonchev–Trinajstić information content (AvgIpc) is 3.65. The van der Waals surface area contributed by atoms with Crippen molar-refractivity contribution >= 4 is 15.9 Å². The molecule has 2 saturated heterocycles. The summed E-state index contributed by atoms with van der Waals surface area (Å²) in [4.78, 5) is 19.6. The third-order valence-electron chi connectivity index (χ3n) is 7.57. The lowest BCUT2D eigenvalue weighted by Crippen LogP contribution is -2.32. The van der Waals surface area contributed by atoms with Gasteiger partial charge in [0.05, 0.1) is 44.8 Å². The zero-order valence-electron chi connectivity index (χ0n) is 23.4. The maximum absolute atomic E-state index is 13.5. The van der Waals surface area contributed by atoms with Gasteiger partial charge in [0, 0.05) is 19.9 Å². The minimum Gasteiger partial charge on any atom is -0.496 e. The monoisotopic (exact) mass is 581 g/mol. The Morgan fingerprint density at radius 1 is 0.951 bits per heavy atom. The normalized spacial score (nSPS) is 21.1. The molecule has 3 atom stereocenters. The molecule has 2 fully saturated rings. The van der Waals surface area contributed by atoms with Gasteiger partial charge in [-0.25, -0.2) is 8.42 Å². The number of rotatable bonds is 10. The van der Waals surface area contributed by atoms with Gasteiger partial charge in [0.2, 0.25) is 10.0 Å². The zero-order valence-corrected chi connectivity index (χ0v) is 24.2. The fraction of sp³-hybridized carbons (Fsp3) is 0.400. The summed E-state index contributed by atoms with van der Waals surface area (Å²) < 4.78 is 51.3. The Balaban J connectivity index is 1.29. The first kappa shape index (κ1) is 28.8. The third kappa shape index (κ3) is 6.17. The number of hydrogen-bond donors (Lipinski definition) is 0. The van der Waals surface area contributed by atoms with Gasteiger partial charge in [-0.3, -0.25) is 9.78 Å². The van der Waals surface area contributed by atoms with Crippen LogP contribution in [0.4, 0.5) is 0 Å². The van der Waals surface area contributed by atoms with Gasteiger partial charge in [-0.15, -0.1) is 0 Å². The highest BCUT2D eigenvalue weighted by Crippen LogP contribution is 2.35. The van der Waals surface area contributed by atoms with E-state index in [4.69, 9.17) is 18.9 Å². The summed E-state index contributed by atoms with van der Waals surface area (Å²) in [6.45, 7) is 1.07. The van der Waals surface area contributed by atoms with Crippen molar-refractivity contribution in [3.05, 3.63) is 83.7 Å². The van der Waals surface area contributed by atoms with Crippen LogP contribution < -0.4 is 14.2 Å². The molecule has 10 nitrogen and oxygen atoms in total. The lowest BCUT2D eigenvalue weighted by molar-refractivity contribution is 0.0339. The molecule has 3 unspecified atom stereocenters. The van der Waals surface area contributed by atoms with Gasteiger partial charge < -0.3 is 23.8 Å². The third-order valence-corrected chi connectivity index (χ3v) is 9.42. The Morgan fingerprint density at radius 3 is 2.37 bits per heavy atom. The van der Waals surface area contributed by atoms with Crippen LogP contribution in [0.3, 0.4) is 0 Å². The summed E-state index contributed by atoms with van der Waals surface area (Å²) >= 11 is 0. The molecule has 3 heterocycles. The first-order valence-corrected chi connectivity index (χ1v) is 15.1. The van der Waals surface area contributed by atoms with E-state index in [9.17, 15) is 13.2 Å². The number of pyridine rings is 1. The molecular weight excluding hydrogens is 546 g/mol. The second kappa shape index (κ2) is 12.5. The maximum Gasteiger partial charge on any atom is 0.261 e. The number of carbonyl (C=O) groups excluding carboxylic acids is 1. The SMILES string of the molecule is COc1cccc(OC)c1C(=O)N1CC(OC)C(Oc2cccc(CS(=O)(=O)N3CCCC3c3ccccn3)c2)C1. The van der Waals surface area contributed by atoms with E-state index in [1.165, 1.54) is 14.2 Å². The van der Waals surface area contributed by atoms with Gasteiger partial charge in [0.25, 0.3) is 5.91 Å². The lowest BCUT2D eigenvalue weighted by Gasteiger charge is -2.24. The van der Waals surface area contributed by atoms with E-state index < -0.39 is 16.1 Å². The molecule has 2 aromatic carbocycles. The van der Waals surface area contributed by atoms with Crippen LogP contribution >= 0.6 is 0 Å². The van der Waals surface area contributed by atoms with Crippen molar-refractivity contribution in [2.45, 2.75) is 36.8 Å². The van der Waals surface area contributed by atoms with E-state index in [1.807, 2.05) is 18.2 Å². The molecule has 11 heteroatoms. The molecule has 2 aliphatic heterocycles. The summed E-state index contributed by atoms with van der Waals surface area (Å²) in [5.41, 5.74) is 1.72. The fourth-order valence-electron chi connectivity index (χ4n) is 5.59. The smallest absolute Gasteiger partial charge is 0.261 e. The molecule has 1 amide bonds. The van der Waals surface area contributed by atoms with Gasteiger partial charge >= 0.3 is 0 Å². The van der Waals surface area contributed by atoms with Crippen molar-refractivity contribution < 1.29 is 32.2 Å². The van der Waals surface area contributed by atoms with Gasteiger partial charge in [-0.2, -0.15) is 4.31 Å². The van der Waals surface area contributed by atoms with Crippen LogP contribution in [0.25, 0.3) is 0 Å². The number of amides is 1. The van der Waals surface area contributed by atoms with Crippen LogP contribution in [0.2, 0.25) is 0 Å². The number of ether oxygens (including phenoxy) is 4. The predicted molar refractivity (Wildman–Crippen MR) is 153 cm³/mol. The predicted octanol–water partition coefficient (Wildman–Crippen LogP) is 3.68. The van der Waals surface area contributed by atoms with Crippen LogP contribution in [-0.2, 0) is 20.5 Å². The van der Waals surface area contributed by atoms with Crippen LogP contribution in [0.5, 0.6) is 17.2 Å². The van der Waals surface area contributed by atoms with Crippen molar-refractivity contribution in [1.29, 1.82) is 0 Å². The van der Waals surface area contributed by atoms with E-state index in [-0.39, 0.29) is 30.4 Å². The molecule has 3 aromatic rings. The first-order valence-electron chi connectivity index (χ1n) is 13.5. The average molecular weight is 582 g/mol. The lowest BCUT2D eigenvalue weighted by atomic mass is 10.1. The summed E-state index contributed by atoms with van der Waals surface area (Å²) in [5, 5.41) is 0. The van der Waals surface area contributed by atoms with Crippen LogP contribution in [0, 0.1) is 0 Å². The molecule has 1 aromatic heterocycles. The van der Waals surface area contributed by atoms with Crippen molar-refractivity contribution in [3.63, 3.8) is 0 Å². The highest BCUT2D eigenvalue weighted by molar-refractivity contribution is 7.88. The van der Waals surface area contributed by atoms with Crippen LogP contribution in [0.1, 0.15) is 40.5 Å². The standard InChI is InChI=1S/C30H35N3O7S/c1-37-25-13-7-14-26(38-2)29(25)30(34)32-18-27(39-3)28(19-32)40-22-10-6-9-21(17-22)20-41(35,36)33-16-8-12-24(33)23-11-4-5-15-31-23/h4-7,9-11,13-15,17,24,27-28H,8,12,16,18-20H2,1-3H3. The Labute approximate surface area is 240 Å². The fourth-order valence-corrected chi connectivity index (χ4v) is 7.36. The van der Waals surface area contributed by atoms with Gasteiger partial charge in [0.15, 0.2) is 0 Å². The molecule has 0 saturated carbocycles. The molecule has 2 aliphatic rings. The summed E-state index contributed by atoms with van der Waals surface area (Å²) in [6.07, 6.45) is 2.39. The van der Waals surface area contributed by atoms with Gasteiger partial charge in [-0.05, 0) is 54.8 Å². The van der Waals surface area contributed by atoms with Crippen molar-refractivity contribution in [3.8, 4) is 17.2 Å². The molecule has 0 bridgehead atoms. The molecule has 41 heavy (non-hydrogen) atoms. The van der Waals surface area contributed by atoms with Crippen molar-refractivity contribution in [2.75, 3.05) is 41.0 Å². The maximum atomic E-state index is 13.5. The molecule has 218 valence electrons. The Morgan fingerprint density at radius 2 is 1.68 bits per heavy atom. The quantitative estimate of drug-likeness (QED) is 0.357. The highest BCUT2D eigenvalue weighted by Gasteiger charge is 2.39. The van der Waals surface area contributed by atoms with E-state index in [1.54, 1.807) is 65.0 Å². The number of aromatic nitrogens is 1. The van der Waals surface area contributed by atoms with Crippen LogP contribution in [0.15, 0.2) is 66.9 Å². The highest BCUT2D eigenvalue weighted by atomic mass is 32.2. The Bertz CT molecular complexity index is 1450. The topological polar surface area (TPSA) is 108 Å². The molecule has 0 spiro atoms. The Hall–Kier alpha value is -3.67. The number of carbonyl (C=O) groups is 1. The number of sulfonamides is 1. The first-order chi connectivity index (χ1) is 19.8. The van der Waals surface area contributed by atoms with Crippen LogP contribution in [-0.4, -0.2) is 81.7 Å². The second-order valence-corrected chi connectivity index (χ2v) is 12.0. The molecular formula is C30H35N3O7S. The Kier molecular flexibility index (Phi) is 8.77. The van der Waals surface area contributed by atoms with Gasteiger partial charge in [-0.1, -0.05) is 24.3 Å². The molecule has 5 rings (SSSR count). The minimum absolute atomic E-state index is 0.149. The number of hydrogen-bond acceptors (Lipinski definition) is 8. The summed E-state index contributed by atoms with van der Waals surface area (Å²) in [5.74, 6) is 0.955. The number of nitrogens with zero attached hydrogens (tertiary/aromatic N) is 3. The molecule has 0 radical (unpaired) electrons. The van der Waals surface area contributed by atoms with Gasteiger partial charge in [0.1, 0.15) is 35.0 Å². The largest absolute Gasteiger partial charge is 0.496 e. The number of benzene rings is 2. The van der Waals surface area contributed by atoms with E-state index >= 15 is 0 Å². The number of likely N-dealkylation sites (tertiary alicyclic amines) is 1. The van der Waals surface area contributed by atoms with E-state index in [0.717, 1.165) is 18.5 Å². The zero-order chi connectivity index (χ0) is 29.0. The molecule has 0 aliphatic carbocycles. The van der Waals surface area contributed by atoms with Crippen molar-refractivity contribution in [1.82, 2.24) is 14.2 Å². The summed E-state index contributed by atoms with van der Waals surface area (Å²) in [6, 6.07) is 17.6. The molecule has 0 N–H and O–H groups in total. The summed E-state index contributed by atoms with van der Waals surface area (Å²) in [7, 11) is 1.000. The second-order valence-electron chi connectivity index (χ2n) is 10.1. The number of methoxy groups -OCH3 is 3. The van der Waals surface area contributed by atoms with Crippen molar-refractivity contribution in [2.24, 2.45) is 0 Å². The minimum atomic E-state index is -3.60. The van der Waals surface area contributed by atoms with E-state index in [2.05, 4.69) is 4.98 Å². The van der Waals surface area contributed by atoms with E-state index in [0.29, 0.717) is 41.5 Å².